The highest BCUT2D eigenvalue weighted by molar-refractivity contribution is 7.89. The summed E-state index contributed by atoms with van der Waals surface area (Å²) in [7, 11) is -3.10. The van der Waals surface area contributed by atoms with E-state index >= 15 is 0 Å². The van der Waals surface area contributed by atoms with E-state index in [-0.39, 0.29) is 17.9 Å². The van der Waals surface area contributed by atoms with Gasteiger partial charge in [-0.25, -0.2) is 8.42 Å². The predicted octanol–water partition coefficient (Wildman–Crippen LogP) is 0.959. The molecule has 2 unspecified atom stereocenters. The van der Waals surface area contributed by atoms with Gasteiger partial charge in [0.15, 0.2) is 0 Å². The molecule has 1 aliphatic carbocycles. The van der Waals surface area contributed by atoms with Crippen LogP contribution in [0.4, 0.5) is 0 Å². The third-order valence-corrected chi connectivity index (χ3v) is 6.02. The number of rotatable bonds is 7. The normalized spacial score (nSPS) is 28.5. The van der Waals surface area contributed by atoms with E-state index in [2.05, 4.69) is 12.2 Å². The molecule has 0 aromatic rings. The van der Waals surface area contributed by atoms with E-state index in [9.17, 15) is 8.42 Å². The van der Waals surface area contributed by atoms with Gasteiger partial charge >= 0.3 is 0 Å². The molecule has 1 saturated carbocycles. The summed E-state index contributed by atoms with van der Waals surface area (Å²) in [4.78, 5) is 0. The SMILES string of the molecule is CCNCCCCS(=O)(=O)N1CCOC2CCCC21. The molecule has 2 aliphatic rings. The lowest BCUT2D eigenvalue weighted by atomic mass is 10.2. The van der Waals surface area contributed by atoms with Gasteiger partial charge in [-0.2, -0.15) is 4.31 Å². The van der Waals surface area contributed by atoms with Crippen LogP contribution in [0.5, 0.6) is 0 Å². The summed E-state index contributed by atoms with van der Waals surface area (Å²) in [5, 5.41) is 3.22. The topological polar surface area (TPSA) is 58.6 Å². The minimum atomic E-state index is -3.10. The maximum Gasteiger partial charge on any atom is 0.214 e. The largest absolute Gasteiger partial charge is 0.375 e. The lowest BCUT2D eigenvalue weighted by Crippen LogP contribution is -2.51. The first kappa shape index (κ1) is 15.2. The molecule has 6 heteroatoms. The number of nitrogens with zero attached hydrogens (tertiary/aromatic N) is 1. The van der Waals surface area contributed by atoms with Gasteiger partial charge in [-0.15, -0.1) is 0 Å². The van der Waals surface area contributed by atoms with Crippen LogP contribution in [0.25, 0.3) is 0 Å². The summed E-state index contributed by atoms with van der Waals surface area (Å²) >= 11 is 0. The fraction of sp³-hybridized carbons (Fsp3) is 1.00. The van der Waals surface area contributed by atoms with E-state index < -0.39 is 10.0 Å². The first-order chi connectivity index (χ1) is 9.15. The molecule has 0 bridgehead atoms. The number of unbranched alkanes of at least 4 members (excludes halogenated alkanes) is 1. The van der Waals surface area contributed by atoms with E-state index in [1.54, 1.807) is 4.31 Å². The number of morpholine rings is 1. The molecule has 1 aliphatic heterocycles. The smallest absolute Gasteiger partial charge is 0.214 e. The highest BCUT2D eigenvalue weighted by atomic mass is 32.2. The molecule has 19 heavy (non-hydrogen) atoms. The monoisotopic (exact) mass is 290 g/mol. The maximum absolute atomic E-state index is 12.4. The average molecular weight is 290 g/mol. The molecule has 1 heterocycles. The zero-order chi connectivity index (χ0) is 13.7. The molecule has 1 saturated heterocycles. The van der Waals surface area contributed by atoms with E-state index in [0.717, 1.165) is 45.2 Å². The Labute approximate surface area is 116 Å². The Bertz CT molecular complexity index is 372. The Balaban J connectivity index is 1.84. The van der Waals surface area contributed by atoms with Crippen molar-refractivity contribution in [2.75, 3.05) is 32.0 Å². The summed E-state index contributed by atoms with van der Waals surface area (Å²) in [5.41, 5.74) is 0. The van der Waals surface area contributed by atoms with Crippen LogP contribution in [-0.2, 0) is 14.8 Å². The van der Waals surface area contributed by atoms with Gasteiger partial charge < -0.3 is 10.1 Å². The van der Waals surface area contributed by atoms with Crippen molar-refractivity contribution < 1.29 is 13.2 Å². The van der Waals surface area contributed by atoms with Crippen molar-refractivity contribution in [3.05, 3.63) is 0 Å². The summed E-state index contributed by atoms with van der Waals surface area (Å²) in [6.07, 6.45) is 4.86. The molecule has 2 atom stereocenters. The fourth-order valence-electron chi connectivity index (χ4n) is 3.06. The minimum absolute atomic E-state index is 0.104. The molecular weight excluding hydrogens is 264 g/mol. The quantitative estimate of drug-likeness (QED) is 0.710. The highest BCUT2D eigenvalue weighted by Crippen LogP contribution is 2.31. The van der Waals surface area contributed by atoms with Crippen molar-refractivity contribution in [1.29, 1.82) is 0 Å². The lowest BCUT2D eigenvalue weighted by Gasteiger charge is -2.36. The maximum atomic E-state index is 12.4. The van der Waals surface area contributed by atoms with Crippen LogP contribution >= 0.6 is 0 Å². The van der Waals surface area contributed by atoms with Crippen LogP contribution in [0.2, 0.25) is 0 Å². The van der Waals surface area contributed by atoms with E-state index in [1.165, 1.54) is 0 Å². The molecule has 2 rings (SSSR count). The molecule has 5 nitrogen and oxygen atoms in total. The Morgan fingerprint density at radius 2 is 2.16 bits per heavy atom. The Kier molecular flexibility index (Phi) is 5.62. The second kappa shape index (κ2) is 7.02. The van der Waals surface area contributed by atoms with Gasteiger partial charge in [0.25, 0.3) is 0 Å². The number of sulfonamides is 1. The Hall–Kier alpha value is -0.170. The first-order valence-electron chi connectivity index (χ1n) is 7.47. The molecule has 112 valence electrons. The second-order valence-corrected chi connectivity index (χ2v) is 7.44. The Morgan fingerprint density at radius 1 is 1.32 bits per heavy atom. The van der Waals surface area contributed by atoms with Gasteiger partial charge in [0.1, 0.15) is 0 Å². The predicted molar refractivity (Wildman–Crippen MR) is 75.6 cm³/mol. The van der Waals surface area contributed by atoms with E-state index in [1.807, 2.05) is 0 Å². The number of nitrogens with one attached hydrogen (secondary N) is 1. The highest BCUT2D eigenvalue weighted by Gasteiger charge is 2.41. The number of fused-ring (bicyclic) bond motifs is 1. The molecular formula is C13H26N2O3S. The lowest BCUT2D eigenvalue weighted by molar-refractivity contribution is -0.0241. The minimum Gasteiger partial charge on any atom is -0.375 e. The summed E-state index contributed by atoms with van der Waals surface area (Å²) in [6.45, 7) is 5.00. The molecule has 2 fully saturated rings. The number of hydrogen-bond donors (Lipinski definition) is 1. The molecule has 0 amide bonds. The van der Waals surface area contributed by atoms with Crippen LogP contribution < -0.4 is 5.32 Å². The molecule has 1 N–H and O–H groups in total. The fourth-order valence-corrected chi connectivity index (χ4v) is 4.87. The zero-order valence-corrected chi connectivity index (χ0v) is 12.6. The van der Waals surface area contributed by atoms with Crippen molar-refractivity contribution in [3.63, 3.8) is 0 Å². The summed E-state index contributed by atoms with van der Waals surface area (Å²) < 4.78 is 32.2. The number of ether oxygens (including phenoxy) is 1. The van der Waals surface area contributed by atoms with Crippen molar-refractivity contribution in [2.24, 2.45) is 0 Å². The summed E-state index contributed by atoms with van der Waals surface area (Å²) in [6, 6.07) is 0.104. The van der Waals surface area contributed by atoms with Crippen LogP contribution in [0.3, 0.4) is 0 Å². The van der Waals surface area contributed by atoms with E-state index in [4.69, 9.17) is 4.74 Å². The van der Waals surface area contributed by atoms with Crippen LogP contribution in [0, 0.1) is 0 Å². The van der Waals surface area contributed by atoms with Crippen molar-refractivity contribution in [2.45, 2.75) is 51.2 Å². The third-order valence-electron chi connectivity index (χ3n) is 4.04. The molecule has 0 spiro atoms. The van der Waals surface area contributed by atoms with Crippen LogP contribution in [0.15, 0.2) is 0 Å². The van der Waals surface area contributed by atoms with Gasteiger partial charge in [-0.05, 0) is 45.2 Å². The van der Waals surface area contributed by atoms with E-state index in [0.29, 0.717) is 13.2 Å². The van der Waals surface area contributed by atoms with Crippen molar-refractivity contribution >= 4 is 10.0 Å². The van der Waals surface area contributed by atoms with Gasteiger partial charge in [0, 0.05) is 6.54 Å². The van der Waals surface area contributed by atoms with Crippen LogP contribution in [-0.4, -0.2) is 56.9 Å². The molecule has 0 aromatic carbocycles. The van der Waals surface area contributed by atoms with Gasteiger partial charge in [-0.1, -0.05) is 6.92 Å². The Morgan fingerprint density at radius 3 is 2.95 bits per heavy atom. The van der Waals surface area contributed by atoms with Crippen LogP contribution in [0.1, 0.15) is 39.0 Å². The standard InChI is InChI=1S/C13H26N2O3S/c1-2-14-8-3-4-11-19(16,17)15-9-10-18-13-7-5-6-12(13)15/h12-14H,2-11H2,1H3. The zero-order valence-electron chi connectivity index (χ0n) is 11.8. The van der Waals surface area contributed by atoms with Gasteiger partial charge in [-0.3, -0.25) is 0 Å². The second-order valence-electron chi connectivity index (χ2n) is 5.39. The molecule has 0 radical (unpaired) electrons. The third kappa shape index (κ3) is 3.90. The van der Waals surface area contributed by atoms with Gasteiger partial charge in [0.2, 0.25) is 10.0 Å². The van der Waals surface area contributed by atoms with Gasteiger partial charge in [0.05, 0.1) is 24.5 Å². The molecule has 0 aromatic heterocycles. The average Bonchev–Trinajstić information content (AvgIpc) is 2.86. The first-order valence-corrected chi connectivity index (χ1v) is 9.08. The van der Waals surface area contributed by atoms with Crippen molar-refractivity contribution in [1.82, 2.24) is 9.62 Å². The summed E-state index contributed by atoms with van der Waals surface area (Å²) in [5.74, 6) is 0.279. The van der Waals surface area contributed by atoms with Crippen molar-refractivity contribution in [3.8, 4) is 0 Å². The number of hydrogen-bond acceptors (Lipinski definition) is 4.